The number of nitrogens with zero attached hydrogens (tertiary/aromatic N) is 2. The zero-order chi connectivity index (χ0) is 18.0. The molecule has 140 valence electrons. The highest BCUT2D eigenvalue weighted by Gasteiger charge is 2.20. The van der Waals surface area contributed by atoms with Gasteiger partial charge in [-0.1, -0.05) is 30.3 Å². The Hall–Kier alpha value is -2.34. The number of nitrogens with one attached hydrogen (secondary N) is 3. The minimum Gasteiger partial charge on any atom is -0.381 e. The van der Waals surface area contributed by atoms with Crippen molar-refractivity contribution in [3.63, 3.8) is 0 Å². The molecule has 1 saturated carbocycles. The van der Waals surface area contributed by atoms with Crippen LogP contribution in [0.15, 0.2) is 41.5 Å². The lowest BCUT2D eigenvalue weighted by Gasteiger charge is -2.11. The third-order valence-electron chi connectivity index (χ3n) is 4.25. The summed E-state index contributed by atoms with van der Waals surface area (Å²) < 4.78 is 5.66. The number of imidazole rings is 1. The van der Waals surface area contributed by atoms with Crippen LogP contribution in [0.5, 0.6) is 0 Å². The number of aromatic nitrogens is 2. The van der Waals surface area contributed by atoms with Crippen molar-refractivity contribution in [1.82, 2.24) is 20.6 Å². The van der Waals surface area contributed by atoms with Crippen LogP contribution in [0.1, 0.15) is 32.0 Å². The molecule has 1 fully saturated rings. The van der Waals surface area contributed by atoms with Crippen LogP contribution in [0.3, 0.4) is 0 Å². The molecule has 6 heteroatoms. The molecule has 0 atom stereocenters. The summed E-state index contributed by atoms with van der Waals surface area (Å²) in [5.74, 6) is 2.50. The van der Waals surface area contributed by atoms with Crippen molar-refractivity contribution in [2.24, 2.45) is 10.9 Å². The monoisotopic (exact) mass is 355 g/mol. The summed E-state index contributed by atoms with van der Waals surface area (Å²) >= 11 is 0. The molecule has 0 radical (unpaired) electrons. The molecule has 0 saturated heterocycles. The Balaban J connectivity index is 1.43. The quantitative estimate of drug-likeness (QED) is 0.348. The smallest absolute Gasteiger partial charge is 0.191 e. The maximum Gasteiger partial charge on any atom is 0.191 e. The maximum atomic E-state index is 5.66. The molecule has 1 aromatic heterocycles. The summed E-state index contributed by atoms with van der Waals surface area (Å²) in [5, 5.41) is 6.62. The first-order valence-electron chi connectivity index (χ1n) is 9.54. The zero-order valence-corrected chi connectivity index (χ0v) is 15.5. The van der Waals surface area contributed by atoms with Crippen molar-refractivity contribution in [3.05, 3.63) is 42.4 Å². The van der Waals surface area contributed by atoms with Crippen molar-refractivity contribution in [2.45, 2.75) is 32.7 Å². The Kier molecular flexibility index (Phi) is 7.07. The number of benzene rings is 1. The maximum absolute atomic E-state index is 5.66. The third kappa shape index (κ3) is 6.19. The van der Waals surface area contributed by atoms with Crippen LogP contribution in [0, 0.1) is 5.92 Å². The normalized spacial score (nSPS) is 14.4. The Morgan fingerprint density at radius 1 is 1.27 bits per heavy atom. The highest BCUT2D eigenvalue weighted by atomic mass is 16.5. The molecule has 0 unspecified atom stereocenters. The van der Waals surface area contributed by atoms with Crippen molar-refractivity contribution in [1.29, 1.82) is 0 Å². The van der Waals surface area contributed by atoms with Crippen molar-refractivity contribution in [3.8, 4) is 11.3 Å². The van der Waals surface area contributed by atoms with Crippen LogP contribution in [0.2, 0.25) is 0 Å². The molecule has 0 amide bonds. The Morgan fingerprint density at radius 3 is 2.88 bits per heavy atom. The average molecular weight is 355 g/mol. The number of hydrogen-bond donors (Lipinski definition) is 3. The number of H-pyrrole nitrogens is 1. The van der Waals surface area contributed by atoms with Gasteiger partial charge in [0.15, 0.2) is 5.96 Å². The lowest BCUT2D eigenvalue weighted by atomic mass is 10.2. The largest absolute Gasteiger partial charge is 0.381 e. The van der Waals surface area contributed by atoms with Crippen LogP contribution >= 0.6 is 0 Å². The predicted molar refractivity (Wildman–Crippen MR) is 105 cm³/mol. The van der Waals surface area contributed by atoms with Gasteiger partial charge in [0.05, 0.1) is 11.9 Å². The van der Waals surface area contributed by atoms with E-state index in [0.29, 0.717) is 6.54 Å². The first-order valence-corrected chi connectivity index (χ1v) is 9.54. The molecule has 0 aliphatic heterocycles. The van der Waals surface area contributed by atoms with Gasteiger partial charge < -0.3 is 20.4 Å². The van der Waals surface area contributed by atoms with E-state index in [9.17, 15) is 0 Å². The van der Waals surface area contributed by atoms with Gasteiger partial charge in [-0.05, 0) is 37.7 Å². The van der Waals surface area contributed by atoms with Gasteiger partial charge in [0.1, 0.15) is 12.4 Å². The molecular weight excluding hydrogens is 326 g/mol. The summed E-state index contributed by atoms with van der Waals surface area (Å²) in [6, 6.07) is 10.2. The number of hydrogen-bond acceptors (Lipinski definition) is 3. The van der Waals surface area contributed by atoms with E-state index in [1.54, 1.807) is 0 Å². The topological polar surface area (TPSA) is 74.3 Å². The molecule has 0 spiro atoms. The second-order valence-corrected chi connectivity index (χ2v) is 6.60. The van der Waals surface area contributed by atoms with Gasteiger partial charge in [0.25, 0.3) is 0 Å². The minimum absolute atomic E-state index is 0.514. The summed E-state index contributed by atoms with van der Waals surface area (Å²) in [7, 11) is 0. The van der Waals surface area contributed by atoms with Crippen LogP contribution in [-0.4, -0.2) is 42.2 Å². The summed E-state index contributed by atoms with van der Waals surface area (Å²) in [6.45, 7) is 6.00. The number of aliphatic imine (C=N–C) groups is 1. The highest BCUT2D eigenvalue weighted by Crippen LogP contribution is 2.28. The third-order valence-corrected chi connectivity index (χ3v) is 4.25. The van der Waals surface area contributed by atoms with E-state index in [-0.39, 0.29) is 0 Å². The van der Waals surface area contributed by atoms with Gasteiger partial charge in [-0.2, -0.15) is 0 Å². The average Bonchev–Trinajstić information content (AvgIpc) is 3.38. The van der Waals surface area contributed by atoms with Gasteiger partial charge in [-0.25, -0.2) is 9.98 Å². The van der Waals surface area contributed by atoms with Gasteiger partial charge >= 0.3 is 0 Å². The SMILES string of the molecule is CCNC(=NCc1ncc(-c2ccccc2)[nH]1)NCCCOCC1CC1. The summed E-state index contributed by atoms with van der Waals surface area (Å²) in [6.07, 6.45) is 5.52. The molecular formula is C20H29N5O. The fourth-order valence-corrected chi connectivity index (χ4v) is 2.62. The van der Waals surface area contributed by atoms with Gasteiger partial charge in [-0.15, -0.1) is 0 Å². The Labute approximate surface area is 155 Å². The molecule has 2 aromatic rings. The first kappa shape index (κ1) is 18.5. The van der Waals surface area contributed by atoms with E-state index in [1.165, 1.54) is 12.8 Å². The van der Waals surface area contributed by atoms with Crippen LogP contribution < -0.4 is 10.6 Å². The molecule has 3 rings (SSSR count). The lowest BCUT2D eigenvalue weighted by Crippen LogP contribution is -2.38. The second-order valence-electron chi connectivity index (χ2n) is 6.60. The number of rotatable bonds is 10. The molecule has 1 aliphatic carbocycles. The van der Waals surface area contributed by atoms with Crippen LogP contribution in [0.25, 0.3) is 11.3 Å². The summed E-state index contributed by atoms with van der Waals surface area (Å²) in [5.41, 5.74) is 2.15. The first-order chi connectivity index (χ1) is 12.8. The standard InChI is InChI=1S/C20H29N5O/c1-2-21-20(22-11-6-12-26-15-16-9-10-16)24-14-19-23-13-18(25-19)17-7-4-3-5-8-17/h3-5,7-8,13,16H,2,6,9-12,14-15H2,1H3,(H,23,25)(H2,21,22,24). The van der Waals surface area contributed by atoms with Crippen LogP contribution in [0.4, 0.5) is 0 Å². The van der Waals surface area contributed by atoms with E-state index in [0.717, 1.165) is 61.7 Å². The van der Waals surface area contributed by atoms with Crippen molar-refractivity contribution in [2.75, 3.05) is 26.3 Å². The van der Waals surface area contributed by atoms with E-state index in [2.05, 4.69) is 44.7 Å². The number of guanidine groups is 1. The molecule has 3 N–H and O–H groups in total. The Bertz CT molecular complexity index is 679. The lowest BCUT2D eigenvalue weighted by molar-refractivity contribution is 0.123. The van der Waals surface area contributed by atoms with E-state index < -0.39 is 0 Å². The van der Waals surface area contributed by atoms with E-state index in [1.807, 2.05) is 24.4 Å². The van der Waals surface area contributed by atoms with E-state index >= 15 is 0 Å². The molecule has 1 aliphatic rings. The number of ether oxygens (including phenoxy) is 1. The fraction of sp³-hybridized carbons (Fsp3) is 0.500. The molecule has 6 nitrogen and oxygen atoms in total. The van der Waals surface area contributed by atoms with Crippen molar-refractivity contribution < 1.29 is 4.74 Å². The highest BCUT2D eigenvalue weighted by molar-refractivity contribution is 5.79. The molecule has 0 bridgehead atoms. The Morgan fingerprint density at radius 2 is 2.12 bits per heavy atom. The predicted octanol–water partition coefficient (Wildman–Crippen LogP) is 2.95. The second kappa shape index (κ2) is 9.97. The number of aromatic amines is 1. The van der Waals surface area contributed by atoms with Gasteiger partial charge in [-0.3, -0.25) is 0 Å². The fourth-order valence-electron chi connectivity index (χ4n) is 2.62. The van der Waals surface area contributed by atoms with Gasteiger partial charge in [0, 0.05) is 26.3 Å². The minimum atomic E-state index is 0.514. The zero-order valence-electron chi connectivity index (χ0n) is 15.5. The van der Waals surface area contributed by atoms with Crippen molar-refractivity contribution >= 4 is 5.96 Å². The van der Waals surface area contributed by atoms with E-state index in [4.69, 9.17) is 4.74 Å². The summed E-state index contributed by atoms with van der Waals surface area (Å²) in [4.78, 5) is 12.4. The molecule has 1 aromatic carbocycles. The molecule has 26 heavy (non-hydrogen) atoms. The van der Waals surface area contributed by atoms with Gasteiger partial charge in [0.2, 0.25) is 0 Å². The molecule has 1 heterocycles. The van der Waals surface area contributed by atoms with Crippen LogP contribution in [-0.2, 0) is 11.3 Å².